The van der Waals surface area contributed by atoms with Gasteiger partial charge in [0.15, 0.2) is 0 Å². The minimum atomic E-state index is 0.0356. The molecule has 0 radical (unpaired) electrons. The lowest BCUT2D eigenvalue weighted by atomic mass is 10.2. The summed E-state index contributed by atoms with van der Waals surface area (Å²) < 4.78 is 5.46. The summed E-state index contributed by atoms with van der Waals surface area (Å²) in [6.45, 7) is 4.37. The summed E-state index contributed by atoms with van der Waals surface area (Å²) in [6.07, 6.45) is 1.70. The maximum absolute atomic E-state index is 13.6. The van der Waals surface area contributed by atoms with Crippen LogP contribution in [0.5, 0.6) is 0 Å². The number of fused-ring (bicyclic) bond motifs is 2. The Kier molecular flexibility index (Phi) is 5.46. The third-order valence-corrected chi connectivity index (χ3v) is 6.98. The lowest BCUT2D eigenvalue weighted by molar-refractivity contribution is 0.133. The summed E-state index contributed by atoms with van der Waals surface area (Å²) in [7, 11) is 0. The van der Waals surface area contributed by atoms with Gasteiger partial charge in [0, 0.05) is 41.0 Å². The van der Waals surface area contributed by atoms with Gasteiger partial charge in [-0.2, -0.15) is 0 Å². The first kappa shape index (κ1) is 19.5. The second-order valence-corrected chi connectivity index (χ2v) is 9.05. The van der Waals surface area contributed by atoms with Gasteiger partial charge in [0.05, 0.1) is 25.0 Å². The standard InChI is InChI=1S/C23H22ClN3O2S/c24-18-7-8-22-20(14-18)27(15-17-4-1-2-6-21(17)30-22)23(28)26-11-9-25(10-12-26)16-19-5-3-13-29-19/h1-8,13-14H,9-12,15-16H2. The van der Waals surface area contributed by atoms with E-state index < -0.39 is 0 Å². The van der Waals surface area contributed by atoms with Gasteiger partial charge < -0.3 is 9.32 Å². The number of piperazine rings is 1. The molecule has 7 heteroatoms. The van der Waals surface area contributed by atoms with E-state index in [9.17, 15) is 4.79 Å². The van der Waals surface area contributed by atoms with Crippen molar-refractivity contribution < 1.29 is 9.21 Å². The summed E-state index contributed by atoms with van der Waals surface area (Å²) in [5.41, 5.74) is 2.03. The Hall–Kier alpha value is -2.41. The van der Waals surface area contributed by atoms with Crippen LogP contribution in [0.1, 0.15) is 11.3 Å². The lowest BCUT2D eigenvalue weighted by Gasteiger charge is -2.37. The molecule has 3 aromatic rings. The van der Waals surface area contributed by atoms with E-state index in [4.69, 9.17) is 16.0 Å². The van der Waals surface area contributed by atoms with E-state index in [0.29, 0.717) is 24.7 Å². The van der Waals surface area contributed by atoms with Gasteiger partial charge in [-0.3, -0.25) is 9.80 Å². The predicted molar refractivity (Wildman–Crippen MR) is 119 cm³/mol. The van der Waals surface area contributed by atoms with Gasteiger partial charge in [-0.1, -0.05) is 41.6 Å². The molecule has 2 aliphatic rings. The number of urea groups is 1. The summed E-state index contributed by atoms with van der Waals surface area (Å²) >= 11 is 8.00. The normalized spacial score (nSPS) is 16.7. The summed E-state index contributed by atoms with van der Waals surface area (Å²) in [5.74, 6) is 0.958. The number of rotatable bonds is 2. The highest BCUT2D eigenvalue weighted by molar-refractivity contribution is 7.99. The van der Waals surface area contributed by atoms with Gasteiger partial charge in [-0.25, -0.2) is 4.79 Å². The Bertz CT molecular complexity index is 1050. The Morgan fingerprint density at radius 3 is 2.63 bits per heavy atom. The van der Waals surface area contributed by atoms with Crippen LogP contribution in [0.25, 0.3) is 0 Å². The molecule has 0 spiro atoms. The Morgan fingerprint density at radius 1 is 1.00 bits per heavy atom. The molecule has 2 aromatic carbocycles. The molecule has 0 bridgehead atoms. The zero-order chi connectivity index (χ0) is 20.5. The summed E-state index contributed by atoms with van der Waals surface area (Å²) in [6, 6.07) is 18.0. The van der Waals surface area contributed by atoms with E-state index >= 15 is 0 Å². The van der Waals surface area contributed by atoms with E-state index in [1.807, 2.05) is 52.3 Å². The molecule has 154 valence electrons. The fourth-order valence-electron chi connectivity index (χ4n) is 3.96. The van der Waals surface area contributed by atoms with Crippen LogP contribution in [0.4, 0.5) is 10.5 Å². The highest BCUT2D eigenvalue weighted by atomic mass is 35.5. The van der Waals surface area contributed by atoms with Crippen LogP contribution in [0.15, 0.2) is 75.1 Å². The Labute approximate surface area is 185 Å². The van der Waals surface area contributed by atoms with Crippen LogP contribution in [0.3, 0.4) is 0 Å². The molecular weight excluding hydrogens is 418 g/mol. The van der Waals surface area contributed by atoms with Crippen molar-refractivity contribution in [3.63, 3.8) is 0 Å². The molecule has 0 atom stereocenters. The van der Waals surface area contributed by atoms with Gasteiger partial charge in [-0.15, -0.1) is 0 Å². The molecular formula is C23H22ClN3O2S. The van der Waals surface area contributed by atoms with E-state index in [1.165, 1.54) is 4.90 Å². The average Bonchev–Trinajstić information content (AvgIpc) is 3.21. The van der Waals surface area contributed by atoms with Crippen molar-refractivity contribution in [1.82, 2.24) is 9.80 Å². The molecule has 1 aromatic heterocycles. The zero-order valence-corrected chi connectivity index (χ0v) is 18.0. The van der Waals surface area contributed by atoms with Crippen molar-refractivity contribution in [2.75, 3.05) is 31.1 Å². The SMILES string of the molecule is O=C(N1CCN(Cc2ccco2)CC1)N1Cc2ccccc2Sc2ccc(Cl)cc21. The van der Waals surface area contributed by atoms with Crippen molar-refractivity contribution in [2.24, 2.45) is 0 Å². The summed E-state index contributed by atoms with van der Waals surface area (Å²) in [5, 5.41) is 0.640. The third kappa shape index (κ3) is 3.95. The zero-order valence-electron chi connectivity index (χ0n) is 16.5. The smallest absolute Gasteiger partial charge is 0.324 e. The van der Waals surface area contributed by atoms with E-state index in [0.717, 1.165) is 41.5 Å². The molecule has 5 nitrogen and oxygen atoms in total. The number of amides is 2. The van der Waals surface area contributed by atoms with Gasteiger partial charge in [0.1, 0.15) is 5.76 Å². The third-order valence-electron chi connectivity index (χ3n) is 5.57. The average molecular weight is 440 g/mol. The predicted octanol–water partition coefficient (Wildman–Crippen LogP) is 5.34. The molecule has 30 heavy (non-hydrogen) atoms. The first-order valence-electron chi connectivity index (χ1n) is 10.0. The molecule has 0 unspecified atom stereocenters. The monoisotopic (exact) mass is 439 g/mol. The molecule has 1 saturated heterocycles. The minimum Gasteiger partial charge on any atom is -0.468 e. The number of carbonyl (C=O) groups is 1. The first-order chi connectivity index (χ1) is 14.7. The molecule has 0 aliphatic carbocycles. The fraction of sp³-hybridized carbons (Fsp3) is 0.261. The van der Waals surface area contributed by atoms with E-state index in [1.54, 1.807) is 18.0 Å². The lowest BCUT2D eigenvalue weighted by Crippen LogP contribution is -2.52. The molecule has 2 amide bonds. The van der Waals surface area contributed by atoms with Crippen molar-refractivity contribution in [2.45, 2.75) is 22.9 Å². The highest BCUT2D eigenvalue weighted by Crippen LogP contribution is 2.42. The number of nitrogens with zero attached hydrogens (tertiary/aromatic N) is 3. The molecule has 3 heterocycles. The van der Waals surface area contributed by atoms with Crippen molar-refractivity contribution >= 4 is 35.1 Å². The first-order valence-corrected chi connectivity index (χ1v) is 11.2. The number of carbonyl (C=O) groups excluding carboxylic acids is 1. The molecule has 5 rings (SSSR count). The van der Waals surface area contributed by atoms with Crippen molar-refractivity contribution in [1.29, 1.82) is 0 Å². The van der Waals surface area contributed by atoms with Crippen molar-refractivity contribution in [3.05, 3.63) is 77.2 Å². The van der Waals surface area contributed by atoms with Crippen LogP contribution < -0.4 is 4.90 Å². The van der Waals surface area contributed by atoms with E-state index in [-0.39, 0.29) is 6.03 Å². The van der Waals surface area contributed by atoms with Gasteiger partial charge in [-0.05, 0) is 42.0 Å². The van der Waals surface area contributed by atoms with Crippen LogP contribution in [-0.2, 0) is 13.1 Å². The highest BCUT2D eigenvalue weighted by Gasteiger charge is 2.30. The second-order valence-electron chi connectivity index (χ2n) is 7.53. The van der Waals surface area contributed by atoms with Crippen LogP contribution in [-0.4, -0.2) is 42.0 Å². The topological polar surface area (TPSA) is 39.9 Å². The van der Waals surface area contributed by atoms with E-state index in [2.05, 4.69) is 17.0 Å². The van der Waals surface area contributed by atoms with Crippen LogP contribution in [0.2, 0.25) is 5.02 Å². The number of benzene rings is 2. The number of hydrogen-bond donors (Lipinski definition) is 0. The number of anilines is 1. The number of hydrogen-bond acceptors (Lipinski definition) is 4. The second kappa shape index (κ2) is 8.38. The molecule has 1 fully saturated rings. The van der Waals surface area contributed by atoms with Crippen molar-refractivity contribution in [3.8, 4) is 0 Å². The van der Waals surface area contributed by atoms with Gasteiger partial charge >= 0.3 is 6.03 Å². The Morgan fingerprint density at radius 2 is 1.83 bits per heavy atom. The fourth-order valence-corrected chi connectivity index (χ4v) is 5.18. The minimum absolute atomic E-state index is 0.0356. The largest absolute Gasteiger partial charge is 0.468 e. The maximum Gasteiger partial charge on any atom is 0.324 e. The Balaban J connectivity index is 1.36. The van der Waals surface area contributed by atoms with Gasteiger partial charge in [0.25, 0.3) is 0 Å². The van der Waals surface area contributed by atoms with Crippen LogP contribution in [0, 0.1) is 0 Å². The number of halogens is 1. The van der Waals surface area contributed by atoms with Gasteiger partial charge in [0.2, 0.25) is 0 Å². The quantitative estimate of drug-likeness (QED) is 0.540. The molecule has 0 N–H and O–H groups in total. The molecule has 2 aliphatic heterocycles. The number of furan rings is 1. The molecule has 0 saturated carbocycles. The summed E-state index contributed by atoms with van der Waals surface area (Å²) in [4.78, 5) is 22.0. The maximum atomic E-state index is 13.6. The van der Waals surface area contributed by atoms with Crippen LogP contribution >= 0.6 is 23.4 Å².